The second-order valence-electron chi connectivity index (χ2n) is 7.26. The van der Waals surface area contributed by atoms with Crippen LogP contribution >= 0.6 is 0 Å². The molecule has 1 saturated carbocycles. The SMILES string of the molecule is Cc1ccc(NS(=O)(=O)c2cccc(C(=O)NC3CCCCC3)c2)c(C)c1. The Morgan fingerprint density at radius 2 is 1.74 bits per heavy atom. The number of hydrogen-bond donors (Lipinski definition) is 2. The Bertz CT molecular complexity index is 932. The highest BCUT2D eigenvalue weighted by molar-refractivity contribution is 7.92. The zero-order valence-corrected chi connectivity index (χ0v) is 16.6. The molecule has 0 spiro atoms. The molecule has 0 atom stereocenters. The molecule has 0 saturated heterocycles. The van der Waals surface area contributed by atoms with E-state index in [1.165, 1.54) is 18.6 Å². The first-order valence-electron chi connectivity index (χ1n) is 9.36. The van der Waals surface area contributed by atoms with Crippen LogP contribution in [0, 0.1) is 13.8 Å². The fraction of sp³-hybridized carbons (Fsp3) is 0.381. The lowest BCUT2D eigenvalue weighted by Crippen LogP contribution is -2.36. The minimum absolute atomic E-state index is 0.0822. The third-order valence-corrected chi connectivity index (χ3v) is 6.34. The molecule has 0 bridgehead atoms. The summed E-state index contributed by atoms with van der Waals surface area (Å²) in [6, 6.07) is 11.9. The van der Waals surface area contributed by atoms with Gasteiger partial charge >= 0.3 is 0 Å². The Hall–Kier alpha value is -2.34. The van der Waals surface area contributed by atoms with Gasteiger partial charge in [-0.2, -0.15) is 0 Å². The number of carbonyl (C=O) groups is 1. The summed E-state index contributed by atoms with van der Waals surface area (Å²) in [5, 5.41) is 3.02. The summed E-state index contributed by atoms with van der Waals surface area (Å²) in [6.45, 7) is 3.82. The molecule has 5 nitrogen and oxygen atoms in total. The maximum atomic E-state index is 12.8. The van der Waals surface area contributed by atoms with Crippen LogP contribution in [0.25, 0.3) is 0 Å². The lowest BCUT2D eigenvalue weighted by atomic mass is 9.95. The molecule has 1 fully saturated rings. The quantitative estimate of drug-likeness (QED) is 0.810. The second-order valence-corrected chi connectivity index (χ2v) is 8.94. The monoisotopic (exact) mass is 386 g/mol. The molecule has 0 unspecified atom stereocenters. The predicted molar refractivity (Wildman–Crippen MR) is 108 cm³/mol. The number of carbonyl (C=O) groups excluding carboxylic acids is 1. The Morgan fingerprint density at radius 3 is 2.44 bits per heavy atom. The highest BCUT2D eigenvalue weighted by atomic mass is 32.2. The molecule has 0 heterocycles. The molecule has 2 N–H and O–H groups in total. The normalized spacial score (nSPS) is 15.3. The van der Waals surface area contributed by atoms with Crippen molar-refractivity contribution in [2.24, 2.45) is 0 Å². The van der Waals surface area contributed by atoms with E-state index >= 15 is 0 Å². The number of amides is 1. The van der Waals surface area contributed by atoms with Gasteiger partial charge in [0.1, 0.15) is 0 Å². The second kappa shape index (κ2) is 8.13. The molecule has 0 aliphatic heterocycles. The third-order valence-electron chi connectivity index (χ3n) is 4.97. The molecule has 1 aliphatic carbocycles. The lowest BCUT2D eigenvalue weighted by molar-refractivity contribution is 0.0927. The smallest absolute Gasteiger partial charge is 0.261 e. The van der Waals surface area contributed by atoms with Crippen LogP contribution in [0.2, 0.25) is 0 Å². The van der Waals surface area contributed by atoms with Crippen LogP contribution in [0.1, 0.15) is 53.6 Å². The molecule has 6 heteroatoms. The summed E-state index contributed by atoms with van der Waals surface area (Å²) in [5.74, 6) is -0.217. The first kappa shape index (κ1) is 19.4. The van der Waals surface area contributed by atoms with E-state index in [9.17, 15) is 13.2 Å². The van der Waals surface area contributed by atoms with E-state index in [0.29, 0.717) is 11.3 Å². The minimum Gasteiger partial charge on any atom is -0.349 e. The fourth-order valence-corrected chi connectivity index (χ4v) is 4.63. The largest absolute Gasteiger partial charge is 0.349 e. The molecule has 144 valence electrons. The number of benzene rings is 2. The molecule has 0 aromatic heterocycles. The van der Waals surface area contributed by atoms with Crippen molar-refractivity contribution in [3.63, 3.8) is 0 Å². The van der Waals surface area contributed by atoms with Gasteiger partial charge in [0.05, 0.1) is 10.6 Å². The van der Waals surface area contributed by atoms with Crippen LogP contribution in [0.15, 0.2) is 47.4 Å². The van der Waals surface area contributed by atoms with E-state index in [2.05, 4.69) is 10.0 Å². The minimum atomic E-state index is -3.77. The highest BCUT2D eigenvalue weighted by Crippen LogP contribution is 2.22. The van der Waals surface area contributed by atoms with Crippen molar-refractivity contribution >= 4 is 21.6 Å². The average molecular weight is 387 g/mol. The lowest BCUT2D eigenvalue weighted by Gasteiger charge is -2.22. The maximum Gasteiger partial charge on any atom is 0.261 e. The molecule has 27 heavy (non-hydrogen) atoms. The van der Waals surface area contributed by atoms with Crippen molar-refractivity contribution in [2.75, 3.05) is 4.72 Å². The van der Waals surface area contributed by atoms with E-state index < -0.39 is 10.0 Å². The van der Waals surface area contributed by atoms with Gasteiger partial charge in [-0.05, 0) is 56.5 Å². The number of aryl methyl sites for hydroxylation is 2. The van der Waals surface area contributed by atoms with E-state index in [0.717, 1.165) is 36.8 Å². The van der Waals surface area contributed by atoms with E-state index in [-0.39, 0.29) is 16.8 Å². The van der Waals surface area contributed by atoms with Gasteiger partial charge < -0.3 is 5.32 Å². The molecule has 0 radical (unpaired) electrons. The Morgan fingerprint density at radius 1 is 1.00 bits per heavy atom. The van der Waals surface area contributed by atoms with Gasteiger partial charge in [0.25, 0.3) is 15.9 Å². The molecule has 3 rings (SSSR count). The van der Waals surface area contributed by atoms with Crippen molar-refractivity contribution in [1.29, 1.82) is 0 Å². The summed E-state index contributed by atoms with van der Waals surface area (Å²) < 4.78 is 28.1. The maximum absolute atomic E-state index is 12.8. The number of anilines is 1. The number of nitrogens with one attached hydrogen (secondary N) is 2. The third kappa shape index (κ3) is 4.89. The summed E-state index contributed by atoms with van der Waals surface area (Å²) in [5.41, 5.74) is 2.82. The van der Waals surface area contributed by atoms with Gasteiger partial charge in [-0.25, -0.2) is 8.42 Å². The van der Waals surface area contributed by atoms with Crippen LogP contribution < -0.4 is 10.0 Å². The van der Waals surface area contributed by atoms with Crippen molar-refractivity contribution in [2.45, 2.75) is 56.9 Å². The zero-order chi connectivity index (χ0) is 19.4. The number of sulfonamides is 1. The summed E-state index contributed by atoms with van der Waals surface area (Å²) in [4.78, 5) is 12.6. The molecular weight excluding hydrogens is 360 g/mol. The number of rotatable bonds is 5. The van der Waals surface area contributed by atoms with Crippen molar-refractivity contribution in [3.8, 4) is 0 Å². The topological polar surface area (TPSA) is 75.3 Å². The van der Waals surface area contributed by atoms with Crippen LogP contribution in [0.4, 0.5) is 5.69 Å². The van der Waals surface area contributed by atoms with Gasteiger partial charge in [-0.1, -0.05) is 43.0 Å². The summed E-state index contributed by atoms with van der Waals surface area (Å²) in [7, 11) is -3.77. The highest BCUT2D eigenvalue weighted by Gasteiger charge is 2.20. The van der Waals surface area contributed by atoms with E-state index in [1.54, 1.807) is 18.2 Å². The summed E-state index contributed by atoms with van der Waals surface area (Å²) in [6.07, 6.45) is 5.43. The van der Waals surface area contributed by atoms with Gasteiger partial charge in [0, 0.05) is 11.6 Å². The Balaban J connectivity index is 1.77. The van der Waals surface area contributed by atoms with Crippen LogP contribution in [-0.4, -0.2) is 20.4 Å². The van der Waals surface area contributed by atoms with Gasteiger partial charge in [0.15, 0.2) is 0 Å². The van der Waals surface area contributed by atoms with Crippen LogP contribution in [-0.2, 0) is 10.0 Å². The first-order chi connectivity index (χ1) is 12.8. The predicted octanol–water partition coefficient (Wildman–Crippen LogP) is 4.17. The molecule has 2 aromatic carbocycles. The fourth-order valence-electron chi connectivity index (χ4n) is 3.45. The summed E-state index contributed by atoms with van der Waals surface area (Å²) >= 11 is 0. The van der Waals surface area contributed by atoms with Crippen molar-refractivity contribution in [1.82, 2.24) is 5.32 Å². The average Bonchev–Trinajstić information content (AvgIpc) is 2.65. The number of hydrogen-bond acceptors (Lipinski definition) is 3. The van der Waals surface area contributed by atoms with E-state index in [4.69, 9.17) is 0 Å². The van der Waals surface area contributed by atoms with Gasteiger partial charge in [-0.3, -0.25) is 9.52 Å². The van der Waals surface area contributed by atoms with Crippen LogP contribution in [0.5, 0.6) is 0 Å². The standard InChI is InChI=1S/C21H26N2O3S/c1-15-11-12-20(16(2)13-15)23-27(25,26)19-10-6-7-17(14-19)21(24)22-18-8-4-3-5-9-18/h6-7,10-14,18,23H,3-5,8-9H2,1-2H3,(H,22,24). The first-order valence-corrected chi connectivity index (χ1v) is 10.8. The van der Waals surface area contributed by atoms with Gasteiger partial charge in [0.2, 0.25) is 0 Å². The molecular formula is C21H26N2O3S. The Labute approximate surface area is 161 Å². The molecule has 1 amide bonds. The Kier molecular flexibility index (Phi) is 5.85. The zero-order valence-electron chi connectivity index (χ0n) is 15.8. The molecule has 2 aromatic rings. The van der Waals surface area contributed by atoms with Crippen molar-refractivity contribution < 1.29 is 13.2 Å². The van der Waals surface area contributed by atoms with Crippen molar-refractivity contribution in [3.05, 3.63) is 59.2 Å². The van der Waals surface area contributed by atoms with Crippen LogP contribution in [0.3, 0.4) is 0 Å². The van der Waals surface area contributed by atoms with E-state index in [1.807, 2.05) is 26.0 Å². The molecule has 1 aliphatic rings. The van der Waals surface area contributed by atoms with Gasteiger partial charge in [-0.15, -0.1) is 0 Å².